The van der Waals surface area contributed by atoms with E-state index in [0.717, 1.165) is 58.2 Å². The second-order valence-corrected chi connectivity index (χ2v) is 10.6. The molecular formula is C33H39F2NO4. The first kappa shape index (κ1) is 29.7. The smallest absolute Gasteiger partial charge is 0.161 e. The van der Waals surface area contributed by atoms with Crippen molar-refractivity contribution in [2.75, 3.05) is 33.4 Å². The maximum Gasteiger partial charge on any atom is 0.161 e. The van der Waals surface area contributed by atoms with Gasteiger partial charge < -0.3 is 19.5 Å². The molecule has 7 heteroatoms. The second kappa shape index (κ2) is 13.9. The number of halogens is 2. The second-order valence-electron chi connectivity index (χ2n) is 10.6. The number of ketones is 1. The fourth-order valence-electron chi connectivity index (χ4n) is 5.60. The van der Waals surface area contributed by atoms with Crippen LogP contribution in [0, 0.1) is 17.6 Å². The SMILES string of the molecule is COc1cc(C(C)=O)ccc1OCCCCCCN1CCC(C(O)(c2ccc(F)cc2)c2ccc(F)cc2)CC1. The molecule has 0 amide bonds. The van der Waals surface area contributed by atoms with Gasteiger partial charge >= 0.3 is 0 Å². The van der Waals surface area contributed by atoms with Gasteiger partial charge in [0.25, 0.3) is 0 Å². The minimum absolute atomic E-state index is 0.00878. The highest BCUT2D eigenvalue weighted by molar-refractivity contribution is 5.94. The van der Waals surface area contributed by atoms with Crippen molar-refractivity contribution >= 4 is 5.78 Å². The molecule has 0 saturated carbocycles. The maximum atomic E-state index is 13.6. The molecular weight excluding hydrogens is 512 g/mol. The van der Waals surface area contributed by atoms with Gasteiger partial charge in [-0.15, -0.1) is 0 Å². The number of Topliss-reactive ketones (excluding diaryl/α,β-unsaturated/α-hetero) is 1. The first-order valence-electron chi connectivity index (χ1n) is 14.1. The summed E-state index contributed by atoms with van der Waals surface area (Å²) in [5, 5.41) is 12.0. The summed E-state index contributed by atoms with van der Waals surface area (Å²) in [4.78, 5) is 14.0. The molecule has 1 fully saturated rings. The van der Waals surface area contributed by atoms with Crippen molar-refractivity contribution in [2.24, 2.45) is 5.92 Å². The van der Waals surface area contributed by atoms with E-state index in [9.17, 15) is 18.7 Å². The Hall–Kier alpha value is -3.29. The largest absolute Gasteiger partial charge is 0.493 e. The average Bonchev–Trinajstić information content (AvgIpc) is 2.97. The summed E-state index contributed by atoms with van der Waals surface area (Å²) in [5.74, 6) is 0.451. The van der Waals surface area contributed by atoms with Gasteiger partial charge in [-0.1, -0.05) is 37.1 Å². The molecule has 1 N–H and O–H groups in total. The normalized spacial score (nSPS) is 14.7. The first-order chi connectivity index (χ1) is 19.3. The molecule has 0 radical (unpaired) electrons. The van der Waals surface area contributed by atoms with E-state index in [4.69, 9.17) is 9.47 Å². The molecule has 1 saturated heterocycles. The molecule has 0 atom stereocenters. The number of aliphatic hydroxyl groups is 1. The van der Waals surface area contributed by atoms with Crippen LogP contribution in [0.4, 0.5) is 8.78 Å². The molecule has 4 rings (SSSR count). The van der Waals surface area contributed by atoms with Crippen molar-refractivity contribution in [1.29, 1.82) is 0 Å². The van der Waals surface area contributed by atoms with E-state index >= 15 is 0 Å². The fraction of sp³-hybridized carbons (Fsp3) is 0.424. The number of methoxy groups -OCH3 is 1. The van der Waals surface area contributed by atoms with Gasteiger partial charge in [-0.05, 0) is 112 Å². The summed E-state index contributed by atoms with van der Waals surface area (Å²) in [5.41, 5.74) is 0.564. The Morgan fingerprint density at radius 1 is 0.875 bits per heavy atom. The Morgan fingerprint density at radius 3 is 2.00 bits per heavy atom. The van der Waals surface area contributed by atoms with E-state index in [-0.39, 0.29) is 23.3 Å². The number of piperidine rings is 1. The van der Waals surface area contributed by atoms with E-state index in [2.05, 4.69) is 4.90 Å². The molecule has 214 valence electrons. The number of unbranched alkanes of at least 4 members (excludes halogenated alkanes) is 3. The molecule has 1 aliphatic rings. The zero-order chi connectivity index (χ0) is 28.5. The highest BCUT2D eigenvalue weighted by Crippen LogP contribution is 2.42. The Morgan fingerprint density at radius 2 is 1.45 bits per heavy atom. The van der Waals surface area contributed by atoms with Crippen LogP contribution in [0.25, 0.3) is 0 Å². The minimum atomic E-state index is -1.30. The number of likely N-dealkylation sites (tertiary alicyclic amines) is 1. The van der Waals surface area contributed by atoms with E-state index in [1.807, 2.05) is 0 Å². The van der Waals surface area contributed by atoms with Gasteiger partial charge in [-0.2, -0.15) is 0 Å². The van der Waals surface area contributed by atoms with Gasteiger partial charge in [0, 0.05) is 5.56 Å². The van der Waals surface area contributed by atoms with E-state index < -0.39 is 5.60 Å². The summed E-state index contributed by atoms with van der Waals surface area (Å²) >= 11 is 0. The number of benzene rings is 3. The first-order valence-corrected chi connectivity index (χ1v) is 14.1. The molecule has 40 heavy (non-hydrogen) atoms. The zero-order valence-electron chi connectivity index (χ0n) is 23.4. The van der Waals surface area contributed by atoms with Gasteiger partial charge in [0.05, 0.1) is 13.7 Å². The highest BCUT2D eigenvalue weighted by atomic mass is 19.1. The molecule has 1 heterocycles. The molecule has 0 spiro atoms. The lowest BCUT2D eigenvalue weighted by atomic mass is 9.72. The monoisotopic (exact) mass is 551 g/mol. The summed E-state index contributed by atoms with van der Waals surface area (Å²) in [6.45, 7) is 4.86. The van der Waals surface area contributed by atoms with E-state index in [1.54, 1.807) is 49.6 Å². The highest BCUT2D eigenvalue weighted by Gasteiger charge is 2.41. The number of nitrogens with zero attached hydrogens (tertiary/aromatic N) is 1. The van der Waals surface area contributed by atoms with Crippen LogP contribution in [-0.4, -0.2) is 49.1 Å². The lowest BCUT2D eigenvalue weighted by molar-refractivity contribution is -0.0144. The number of hydrogen-bond donors (Lipinski definition) is 1. The van der Waals surface area contributed by atoms with Gasteiger partial charge in [0.15, 0.2) is 17.3 Å². The van der Waals surface area contributed by atoms with Crippen molar-refractivity contribution in [2.45, 2.75) is 51.0 Å². The number of carbonyl (C=O) groups excluding carboxylic acids is 1. The maximum absolute atomic E-state index is 13.6. The molecule has 5 nitrogen and oxygen atoms in total. The summed E-state index contributed by atoms with van der Waals surface area (Å²) in [7, 11) is 1.57. The van der Waals surface area contributed by atoms with Crippen LogP contribution < -0.4 is 9.47 Å². The third-order valence-corrected chi connectivity index (χ3v) is 7.94. The van der Waals surface area contributed by atoms with Crippen LogP contribution in [0.5, 0.6) is 11.5 Å². The summed E-state index contributed by atoms with van der Waals surface area (Å²) in [6, 6.07) is 17.2. The average molecular weight is 552 g/mol. The Bertz CT molecular complexity index is 1190. The van der Waals surface area contributed by atoms with Gasteiger partial charge in [-0.3, -0.25) is 4.79 Å². The van der Waals surface area contributed by atoms with Crippen LogP contribution in [0.15, 0.2) is 66.7 Å². The Labute approximate surface area is 235 Å². The van der Waals surface area contributed by atoms with Crippen LogP contribution in [0.3, 0.4) is 0 Å². The topological polar surface area (TPSA) is 59.0 Å². The van der Waals surface area contributed by atoms with Gasteiger partial charge in [-0.25, -0.2) is 8.78 Å². The van der Waals surface area contributed by atoms with Crippen molar-refractivity contribution < 1.29 is 28.2 Å². The number of rotatable bonds is 13. The molecule has 1 aliphatic heterocycles. The van der Waals surface area contributed by atoms with Gasteiger partial charge in [0.2, 0.25) is 0 Å². The van der Waals surface area contributed by atoms with Crippen molar-refractivity contribution in [3.05, 3.63) is 95.1 Å². The van der Waals surface area contributed by atoms with E-state index in [0.29, 0.717) is 34.8 Å². The Balaban J connectivity index is 1.22. The predicted octanol–water partition coefficient (Wildman–Crippen LogP) is 6.76. The predicted molar refractivity (Wildman–Crippen MR) is 152 cm³/mol. The fourth-order valence-corrected chi connectivity index (χ4v) is 5.60. The zero-order valence-corrected chi connectivity index (χ0v) is 23.4. The molecule has 0 bridgehead atoms. The number of hydrogen-bond acceptors (Lipinski definition) is 5. The van der Waals surface area contributed by atoms with Crippen LogP contribution in [0.1, 0.15) is 66.9 Å². The molecule has 0 aromatic heterocycles. The van der Waals surface area contributed by atoms with Crippen LogP contribution >= 0.6 is 0 Å². The van der Waals surface area contributed by atoms with Gasteiger partial charge in [0.1, 0.15) is 17.2 Å². The lowest BCUT2D eigenvalue weighted by Crippen LogP contribution is -2.44. The van der Waals surface area contributed by atoms with Crippen molar-refractivity contribution in [3.8, 4) is 11.5 Å². The molecule has 0 unspecified atom stereocenters. The molecule has 3 aromatic rings. The van der Waals surface area contributed by atoms with Crippen LogP contribution in [0.2, 0.25) is 0 Å². The summed E-state index contributed by atoms with van der Waals surface area (Å²) in [6.07, 6.45) is 5.76. The third-order valence-electron chi connectivity index (χ3n) is 7.94. The van der Waals surface area contributed by atoms with Crippen molar-refractivity contribution in [1.82, 2.24) is 4.90 Å². The third kappa shape index (κ3) is 7.26. The summed E-state index contributed by atoms with van der Waals surface area (Å²) < 4.78 is 38.5. The molecule has 0 aliphatic carbocycles. The van der Waals surface area contributed by atoms with E-state index in [1.165, 1.54) is 31.2 Å². The molecule has 3 aromatic carbocycles. The number of ether oxygens (including phenoxy) is 2. The van der Waals surface area contributed by atoms with Crippen LogP contribution in [-0.2, 0) is 5.60 Å². The van der Waals surface area contributed by atoms with Crippen molar-refractivity contribution in [3.63, 3.8) is 0 Å². The lowest BCUT2D eigenvalue weighted by Gasteiger charge is -2.42. The standard InChI is InChI=1S/C33H39F2NO4/c1-24(37)25-7-16-31(32(23-25)39-2)40-22-6-4-3-5-19-36-20-17-28(18-21-36)33(38,26-8-12-29(34)13-9-26)27-10-14-30(35)15-11-27/h7-16,23,28,38H,3-6,17-22H2,1-2H3. The quantitative estimate of drug-likeness (QED) is 0.188. The minimum Gasteiger partial charge on any atom is -0.493 e. The number of carbonyl (C=O) groups is 1. The Kier molecular flexibility index (Phi) is 10.3.